The van der Waals surface area contributed by atoms with Crippen molar-refractivity contribution in [1.29, 1.82) is 0 Å². The van der Waals surface area contributed by atoms with Gasteiger partial charge in [0.15, 0.2) is 0 Å². The van der Waals surface area contributed by atoms with Crippen LogP contribution >= 0.6 is 0 Å². The van der Waals surface area contributed by atoms with Crippen LogP contribution in [-0.4, -0.2) is 26.9 Å². The summed E-state index contributed by atoms with van der Waals surface area (Å²) in [6, 6.07) is 21.1. The number of hydrogen-bond donors (Lipinski definition) is 2. The topological polar surface area (TPSA) is 79.8 Å². The molecular formula is C26H25N5O. The predicted octanol–water partition coefficient (Wildman–Crippen LogP) is 4.44. The van der Waals surface area contributed by atoms with Crippen LogP contribution in [0.15, 0.2) is 97.7 Å². The fourth-order valence-corrected chi connectivity index (χ4v) is 3.55. The lowest BCUT2D eigenvalue weighted by atomic mass is 10.0. The molecule has 6 nitrogen and oxygen atoms in total. The Hall–Kier alpha value is -3.90. The zero-order valence-electron chi connectivity index (χ0n) is 17.8. The van der Waals surface area contributed by atoms with Crippen LogP contribution in [0.3, 0.4) is 0 Å². The molecule has 0 aliphatic rings. The summed E-state index contributed by atoms with van der Waals surface area (Å²) in [5, 5.41) is 6.50. The largest absolute Gasteiger partial charge is 0.325 e. The third-order valence-electron chi connectivity index (χ3n) is 5.22. The van der Waals surface area contributed by atoms with E-state index in [9.17, 15) is 4.79 Å². The van der Waals surface area contributed by atoms with Crippen molar-refractivity contribution in [1.82, 2.24) is 20.3 Å². The zero-order valence-corrected chi connectivity index (χ0v) is 17.8. The summed E-state index contributed by atoms with van der Waals surface area (Å²) in [5.41, 5.74) is 4.68. The molecule has 0 saturated carbocycles. The normalized spacial score (nSPS) is 12.7. The lowest BCUT2D eigenvalue weighted by molar-refractivity contribution is -0.118. The molecule has 0 aliphatic heterocycles. The molecule has 2 heterocycles. The number of carbonyl (C=O) groups excluding carboxylic acids is 1. The molecule has 6 heteroatoms. The highest BCUT2D eigenvalue weighted by Gasteiger charge is 2.22. The first-order valence-electron chi connectivity index (χ1n) is 10.6. The molecule has 0 aliphatic carbocycles. The number of benzene rings is 2. The van der Waals surface area contributed by atoms with Crippen LogP contribution in [0.1, 0.15) is 24.2 Å². The van der Waals surface area contributed by atoms with Gasteiger partial charge in [0, 0.05) is 42.7 Å². The third kappa shape index (κ3) is 5.62. The second-order valence-corrected chi connectivity index (χ2v) is 7.57. The first-order valence-corrected chi connectivity index (χ1v) is 10.6. The number of pyridine rings is 1. The second-order valence-electron chi connectivity index (χ2n) is 7.57. The highest BCUT2D eigenvalue weighted by molar-refractivity contribution is 5.95. The minimum Gasteiger partial charge on any atom is -0.325 e. The molecule has 2 atom stereocenters. The first kappa shape index (κ1) is 21.3. The highest BCUT2D eigenvalue weighted by atomic mass is 16.2. The number of hydrogen-bond acceptors (Lipinski definition) is 5. The van der Waals surface area contributed by atoms with Gasteiger partial charge >= 0.3 is 0 Å². The van der Waals surface area contributed by atoms with Crippen molar-refractivity contribution in [3.05, 3.63) is 109 Å². The van der Waals surface area contributed by atoms with Crippen LogP contribution in [0.2, 0.25) is 0 Å². The SMILES string of the molecule is CC(N[C@@H](Cc1ccccc1)C(=O)Nc1cccc(-c2ccncc2)c1)c1cnccn1. The molecule has 0 saturated heterocycles. The second kappa shape index (κ2) is 10.4. The van der Waals surface area contributed by atoms with Gasteiger partial charge in [0.1, 0.15) is 0 Å². The van der Waals surface area contributed by atoms with E-state index in [1.54, 1.807) is 31.0 Å². The van der Waals surface area contributed by atoms with Gasteiger partial charge in [-0.15, -0.1) is 0 Å². The Balaban J connectivity index is 1.53. The van der Waals surface area contributed by atoms with E-state index in [-0.39, 0.29) is 11.9 Å². The average molecular weight is 424 g/mol. The molecule has 2 aromatic carbocycles. The van der Waals surface area contributed by atoms with Crippen molar-refractivity contribution in [2.45, 2.75) is 25.4 Å². The third-order valence-corrected chi connectivity index (χ3v) is 5.22. The number of anilines is 1. The van der Waals surface area contributed by atoms with Crippen LogP contribution in [0.4, 0.5) is 5.69 Å². The predicted molar refractivity (Wildman–Crippen MR) is 126 cm³/mol. The van der Waals surface area contributed by atoms with E-state index < -0.39 is 6.04 Å². The van der Waals surface area contributed by atoms with Gasteiger partial charge in [-0.05, 0) is 54.3 Å². The van der Waals surface area contributed by atoms with Gasteiger partial charge in [-0.2, -0.15) is 0 Å². The molecule has 1 unspecified atom stereocenters. The Morgan fingerprint density at radius 1 is 0.875 bits per heavy atom. The summed E-state index contributed by atoms with van der Waals surface area (Å²) in [6.45, 7) is 1.99. The summed E-state index contributed by atoms with van der Waals surface area (Å²) >= 11 is 0. The van der Waals surface area contributed by atoms with Gasteiger partial charge in [-0.1, -0.05) is 42.5 Å². The summed E-state index contributed by atoms with van der Waals surface area (Å²) < 4.78 is 0. The van der Waals surface area contributed by atoms with Gasteiger partial charge in [0.05, 0.1) is 11.7 Å². The molecule has 4 rings (SSSR count). The molecule has 160 valence electrons. The quantitative estimate of drug-likeness (QED) is 0.438. The molecule has 32 heavy (non-hydrogen) atoms. The van der Waals surface area contributed by atoms with E-state index in [1.807, 2.05) is 73.7 Å². The Bertz CT molecular complexity index is 1140. The van der Waals surface area contributed by atoms with E-state index in [1.165, 1.54) is 0 Å². The summed E-state index contributed by atoms with van der Waals surface area (Å²) in [6.07, 6.45) is 9.09. The lowest BCUT2D eigenvalue weighted by Crippen LogP contribution is -2.43. The van der Waals surface area contributed by atoms with E-state index in [4.69, 9.17) is 0 Å². The number of nitrogens with zero attached hydrogens (tertiary/aromatic N) is 3. The molecule has 2 aromatic heterocycles. The van der Waals surface area contributed by atoms with Gasteiger partial charge in [-0.3, -0.25) is 25.1 Å². The fraction of sp³-hybridized carbons (Fsp3) is 0.154. The van der Waals surface area contributed by atoms with Crippen molar-refractivity contribution in [2.75, 3.05) is 5.32 Å². The van der Waals surface area contributed by atoms with Crippen LogP contribution in [0, 0.1) is 0 Å². The molecule has 0 spiro atoms. The molecule has 4 aromatic rings. The number of rotatable bonds is 8. The van der Waals surface area contributed by atoms with Crippen molar-refractivity contribution in [3.8, 4) is 11.1 Å². The average Bonchev–Trinajstić information content (AvgIpc) is 2.85. The van der Waals surface area contributed by atoms with E-state index in [0.29, 0.717) is 6.42 Å². The van der Waals surface area contributed by atoms with Gasteiger partial charge in [-0.25, -0.2) is 0 Å². The van der Waals surface area contributed by atoms with Crippen LogP contribution < -0.4 is 10.6 Å². The van der Waals surface area contributed by atoms with Crippen LogP contribution in [0.5, 0.6) is 0 Å². The highest BCUT2D eigenvalue weighted by Crippen LogP contribution is 2.22. The van der Waals surface area contributed by atoms with Gasteiger partial charge in [0.2, 0.25) is 5.91 Å². The fourth-order valence-electron chi connectivity index (χ4n) is 3.55. The molecule has 0 fully saturated rings. The maximum absolute atomic E-state index is 13.3. The van der Waals surface area contributed by atoms with E-state index in [2.05, 4.69) is 25.6 Å². The Labute approximate surface area is 187 Å². The summed E-state index contributed by atoms with van der Waals surface area (Å²) in [5.74, 6) is -0.100. The van der Waals surface area contributed by atoms with Crippen molar-refractivity contribution < 1.29 is 4.79 Å². The summed E-state index contributed by atoms with van der Waals surface area (Å²) in [4.78, 5) is 25.9. The maximum Gasteiger partial charge on any atom is 0.241 e. The van der Waals surface area contributed by atoms with E-state index in [0.717, 1.165) is 28.1 Å². The molecular weight excluding hydrogens is 398 g/mol. The lowest BCUT2D eigenvalue weighted by Gasteiger charge is -2.23. The van der Waals surface area contributed by atoms with E-state index >= 15 is 0 Å². The molecule has 1 amide bonds. The number of amides is 1. The van der Waals surface area contributed by atoms with Crippen molar-refractivity contribution >= 4 is 11.6 Å². The van der Waals surface area contributed by atoms with Crippen molar-refractivity contribution in [3.63, 3.8) is 0 Å². The first-order chi connectivity index (χ1) is 15.7. The monoisotopic (exact) mass is 423 g/mol. The van der Waals surface area contributed by atoms with Crippen LogP contribution in [-0.2, 0) is 11.2 Å². The van der Waals surface area contributed by atoms with Gasteiger partial charge < -0.3 is 5.32 Å². The zero-order chi connectivity index (χ0) is 22.2. The molecule has 2 N–H and O–H groups in total. The van der Waals surface area contributed by atoms with Crippen LogP contribution in [0.25, 0.3) is 11.1 Å². The number of nitrogens with one attached hydrogen (secondary N) is 2. The summed E-state index contributed by atoms with van der Waals surface area (Å²) in [7, 11) is 0. The smallest absolute Gasteiger partial charge is 0.241 e. The molecule has 0 bridgehead atoms. The number of carbonyl (C=O) groups is 1. The standard InChI is InChI=1S/C26H25N5O/c1-19(25-18-28-14-15-29-25)30-24(16-20-6-3-2-4-7-20)26(32)31-23-9-5-8-22(17-23)21-10-12-27-13-11-21/h2-15,17-19,24,30H,16H2,1H3,(H,31,32)/t19?,24-/m0/s1. The Morgan fingerprint density at radius 3 is 2.44 bits per heavy atom. The Kier molecular flexibility index (Phi) is 6.94. The van der Waals surface area contributed by atoms with Crippen molar-refractivity contribution in [2.24, 2.45) is 0 Å². The number of aromatic nitrogens is 3. The van der Waals surface area contributed by atoms with Gasteiger partial charge in [0.25, 0.3) is 0 Å². The minimum atomic E-state index is -0.445. The Morgan fingerprint density at radius 2 is 1.69 bits per heavy atom. The molecule has 0 radical (unpaired) electrons. The maximum atomic E-state index is 13.3. The minimum absolute atomic E-state index is 0.100.